The Morgan fingerprint density at radius 2 is 2.00 bits per heavy atom. The summed E-state index contributed by atoms with van der Waals surface area (Å²) in [6.45, 7) is 8.58. The highest BCUT2D eigenvalue weighted by Gasteiger charge is 2.13. The van der Waals surface area contributed by atoms with Gasteiger partial charge in [-0.25, -0.2) is 0 Å². The number of phenols is 1. The van der Waals surface area contributed by atoms with Crippen molar-refractivity contribution in [2.75, 3.05) is 0 Å². The van der Waals surface area contributed by atoms with Crippen molar-refractivity contribution in [1.82, 2.24) is 5.32 Å². The lowest BCUT2D eigenvalue weighted by atomic mass is 10.1. The maximum Gasteiger partial charge on any atom is 0.122 e. The first-order valence-electron chi connectivity index (χ1n) is 6.57. The van der Waals surface area contributed by atoms with Crippen molar-refractivity contribution in [3.8, 4) is 5.75 Å². The summed E-state index contributed by atoms with van der Waals surface area (Å²) in [4.78, 5) is 0. The molecule has 0 aliphatic carbocycles. The monoisotopic (exact) mass is 259 g/mol. The normalized spacial score (nSPS) is 12.6. The van der Waals surface area contributed by atoms with Crippen LogP contribution in [0.4, 0.5) is 0 Å². The van der Waals surface area contributed by atoms with E-state index in [1.807, 2.05) is 39.0 Å². The minimum absolute atomic E-state index is 0.192. The Morgan fingerprint density at radius 3 is 2.63 bits per heavy atom. The highest BCUT2D eigenvalue weighted by atomic mass is 16.3. The van der Waals surface area contributed by atoms with Crippen LogP contribution in [0.25, 0.3) is 0 Å². The van der Waals surface area contributed by atoms with Crippen LogP contribution >= 0.6 is 0 Å². The third kappa shape index (κ3) is 2.99. The maximum absolute atomic E-state index is 9.98. The first-order valence-corrected chi connectivity index (χ1v) is 6.57. The molecule has 0 spiro atoms. The highest BCUT2D eigenvalue weighted by Crippen LogP contribution is 2.24. The second kappa shape index (κ2) is 5.49. The third-order valence-corrected chi connectivity index (χ3v) is 3.47. The molecular formula is C16H21NO2. The van der Waals surface area contributed by atoms with Gasteiger partial charge in [0.15, 0.2) is 0 Å². The number of nitrogens with one attached hydrogen (secondary N) is 1. The predicted molar refractivity (Wildman–Crippen MR) is 76.3 cm³/mol. The molecule has 102 valence electrons. The van der Waals surface area contributed by atoms with E-state index >= 15 is 0 Å². The van der Waals surface area contributed by atoms with E-state index in [9.17, 15) is 5.11 Å². The minimum Gasteiger partial charge on any atom is -0.507 e. The van der Waals surface area contributed by atoms with Crippen LogP contribution < -0.4 is 5.32 Å². The van der Waals surface area contributed by atoms with E-state index in [2.05, 4.69) is 18.3 Å². The van der Waals surface area contributed by atoms with Gasteiger partial charge in [0, 0.05) is 23.7 Å². The largest absolute Gasteiger partial charge is 0.507 e. The summed E-state index contributed by atoms with van der Waals surface area (Å²) in [5, 5.41) is 13.4. The molecule has 0 saturated heterocycles. The lowest BCUT2D eigenvalue weighted by molar-refractivity contribution is 0.454. The molecular weight excluding hydrogens is 238 g/mol. The molecule has 3 heteroatoms. The summed E-state index contributed by atoms with van der Waals surface area (Å²) in [6.07, 6.45) is 0. The Labute approximate surface area is 114 Å². The Hall–Kier alpha value is -1.74. The first-order chi connectivity index (χ1) is 8.99. The van der Waals surface area contributed by atoms with Crippen molar-refractivity contribution in [3.05, 3.63) is 52.5 Å². The molecule has 0 fully saturated rings. The number of para-hydroxylation sites is 1. The van der Waals surface area contributed by atoms with E-state index < -0.39 is 0 Å². The molecule has 2 N–H and O–H groups in total. The molecule has 2 rings (SSSR count). The fraction of sp³-hybridized carbons (Fsp3) is 0.375. The Morgan fingerprint density at radius 1 is 1.26 bits per heavy atom. The molecule has 0 aliphatic rings. The summed E-state index contributed by atoms with van der Waals surface area (Å²) >= 11 is 0. The van der Waals surface area contributed by atoms with Gasteiger partial charge in [-0.15, -0.1) is 0 Å². The van der Waals surface area contributed by atoms with Gasteiger partial charge >= 0.3 is 0 Å². The van der Waals surface area contributed by atoms with Gasteiger partial charge in [-0.1, -0.05) is 18.2 Å². The molecule has 1 unspecified atom stereocenters. The third-order valence-electron chi connectivity index (χ3n) is 3.47. The molecule has 2 aromatic rings. The van der Waals surface area contributed by atoms with Crippen LogP contribution in [0.3, 0.4) is 0 Å². The number of aryl methyl sites for hydroxylation is 3. The second-order valence-electron chi connectivity index (χ2n) is 5.05. The number of benzene rings is 1. The second-order valence-corrected chi connectivity index (χ2v) is 5.05. The molecule has 3 nitrogen and oxygen atoms in total. The van der Waals surface area contributed by atoms with Crippen molar-refractivity contribution in [2.24, 2.45) is 0 Å². The standard InChI is InChI=1S/C16H21NO2/c1-10-6-5-7-14(16(10)18)9-17-12(3)15-8-11(2)19-13(15)4/h5-8,12,17-18H,9H2,1-4H3. The molecule has 0 amide bonds. The molecule has 1 heterocycles. The van der Waals surface area contributed by atoms with Gasteiger partial charge in [0.05, 0.1) is 0 Å². The van der Waals surface area contributed by atoms with Gasteiger partial charge < -0.3 is 14.8 Å². The molecule has 0 bridgehead atoms. The van der Waals surface area contributed by atoms with Crippen LogP contribution in [0.2, 0.25) is 0 Å². The van der Waals surface area contributed by atoms with Crippen molar-refractivity contribution >= 4 is 0 Å². The van der Waals surface area contributed by atoms with Crippen LogP contribution in [0, 0.1) is 20.8 Å². The number of hydrogen-bond donors (Lipinski definition) is 2. The van der Waals surface area contributed by atoms with Crippen molar-refractivity contribution in [1.29, 1.82) is 0 Å². The smallest absolute Gasteiger partial charge is 0.122 e. The molecule has 1 atom stereocenters. The number of furan rings is 1. The van der Waals surface area contributed by atoms with Crippen LogP contribution in [0.5, 0.6) is 5.75 Å². The number of rotatable bonds is 4. The van der Waals surface area contributed by atoms with E-state index in [1.165, 1.54) is 5.56 Å². The minimum atomic E-state index is 0.192. The zero-order chi connectivity index (χ0) is 14.0. The molecule has 19 heavy (non-hydrogen) atoms. The maximum atomic E-state index is 9.98. The fourth-order valence-corrected chi connectivity index (χ4v) is 2.32. The van der Waals surface area contributed by atoms with Gasteiger partial charge in [-0.05, 0) is 39.3 Å². The SMILES string of the molecule is Cc1cc(C(C)NCc2cccc(C)c2O)c(C)o1. The average molecular weight is 259 g/mol. The van der Waals surface area contributed by atoms with E-state index in [1.54, 1.807) is 0 Å². The Kier molecular flexibility index (Phi) is 3.96. The molecule has 0 saturated carbocycles. The summed E-state index contributed by atoms with van der Waals surface area (Å²) < 4.78 is 5.54. The molecule has 1 aromatic heterocycles. The quantitative estimate of drug-likeness (QED) is 0.878. The lowest BCUT2D eigenvalue weighted by Crippen LogP contribution is -2.18. The van der Waals surface area contributed by atoms with Crippen LogP contribution in [0.1, 0.15) is 41.2 Å². The highest BCUT2D eigenvalue weighted by molar-refractivity contribution is 5.39. The number of aromatic hydroxyl groups is 1. The average Bonchev–Trinajstić information content (AvgIpc) is 2.70. The Bertz CT molecular complexity index is 572. The van der Waals surface area contributed by atoms with Gasteiger partial charge in [0.1, 0.15) is 17.3 Å². The zero-order valence-corrected chi connectivity index (χ0v) is 11.9. The van der Waals surface area contributed by atoms with Crippen LogP contribution in [-0.2, 0) is 6.54 Å². The van der Waals surface area contributed by atoms with Crippen molar-refractivity contribution in [3.63, 3.8) is 0 Å². The van der Waals surface area contributed by atoms with E-state index in [0.717, 1.165) is 22.6 Å². The van der Waals surface area contributed by atoms with Gasteiger partial charge in [0.2, 0.25) is 0 Å². The lowest BCUT2D eigenvalue weighted by Gasteiger charge is -2.14. The van der Waals surface area contributed by atoms with E-state index in [-0.39, 0.29) is 6.04 Å². The topological polar surface area (TPSA) is 45.4 Å². The number of hydrogen-bond acceptors (Lipinski definition) is 3. The van der Waals surface area contributed by atoms with E-state index in [4.69, 9.17) is 4.42 Å². The van der Waals surface area contributed by atoms with Gasteiger partial charge in [0.25, 0.3) is 0 Å². The van der Waals surface area contributed by atoms with Crippen LogP contribution in [0.15, 0.2) is 28.7 Å². The summed E-state index contributed by atoms with van der Waals surface area (Å²) in [7, 11) is 0. The van der Waals surface area contributed by atoms with Gasteiger partial charge in [-0.2, -0.15) is 0 Å². The predicted octanol–water partition coefficient (Wildman–Crippen LogP) is 3.76. The van der Waals surface area contributed by atoms with Crippen molar-refractivity contribution in [2.45, 2.75) is 40.3 Å². The van der Waals surface area contributed by atoms with Gasteiger partial charge in [-0.3, -0.25) is 0 Å². The summed E-state index contributed by atoms with van der Waals surface area (Å²) in [5.74, 6) is 2.26. The summed E-state index contributed by atoms with van der Waals surface area (Å²) in [5.41, 5.74) is 3.00. The fourth-order valence-electron chi connectivity index (χ4n) is 2.32. The molecule has 0 radical (unpaired) electrons. The Balaban J connectivity index is 2.06. The number of phenolic OH excluding ortho intramolecular Hbond substituents is 1. The van der Waals surface area contributed by atoms with E-state index in [0.29, 0.717) is 12.3 Å². The van der Waals surface area contributed by atoms with Crippen LogP contribution in [-0.4, -0.2) is 5.11 Å². The molecule has 0 aliphatic heterocycles. The summed E-state index contributed by atoms with van der Waals surface area (Å²) in [6, 6.07) is 8.06. The first kappa shape index (κ1) is 13.7. The zero-order valence-electron chi connectivity index (χ0n) is 11.9. The van der Waals surface area contributed by atoms with Crippen molar-refractivity contribution < 1.29 is 9.52 Å². The molecule has 1 aromatic carbocycles.